The maximum Gasteiger partial charge on any atom is 0.226 e. The number of amides is 1. The summed E-state index contributed by atoms with van der Waals surface area (Å²) < 4.78 is 20.5. The zero-order valence-corrected chi connectivity index (χ0v) is 26.0. The SMILES string of the molecule is C\C=c1/[nH]nc(-c2cc3c(-c4cc(F)cc(OCCN(C)C)c4)cncc3[nH]2)/c1=C/C(=C\N)c1cncc(NC(=O)C(C)C)c1. The standard InChI is InChI=1S/C34H37FN8O2/c1-6-30-28(12-22(15-36)23-10-25(17-37-16-23)39-34(44)20(2)3)33(42-41-30)31-14-27-29(18-38-19-32(27)40-31)21-9-24(35)13-26(11-21)45-8-7-43(4)5/h6,9-20,40-41H,7-8,36H2,1-5H3,(H,39,44)/b22-15+,28-12+,30-6-. The molecule has 0 unspecified atom stereocenters. The topological polar surface area (TPSA) is 138 Å². The van der Waals surface area contributed by atoms with Crippen molar-refractivity contribution in [1.82, 2.24) is 30.0 Å². The summed E-state index contributed by atoms with van der Waals surface area (Å²) in [6.45, 7) is 6.72. The number of carbonyl (C=O) groups excluding carboxylic acids is 1. The lowest BCUT2D eigenvalue weighted by Gasteiger charge is -2.12. The number of aromatic nitrogens is 5. The first-order valence-electron chi connectivity index (χ1n) is 14.6. The molecule has 0 bridgehead atoms. The van der Waals surface area contributed by atoms with Crippen molar-refractivity contribution in [3.8, 4) is 28.3 Å². The summed E-state index contributed by atoms with van der Waals surface area (Å²) in [5.74, 6) is -0.210. The number of anilines is 1. The first-order chi connectivity index (χ1) is 21.7. The lowest BCUT2D eigenvalue weighted by molar-refractivity contribution is -0.118. The highest BCUT2D eigenvalue weighted by Crippen LogP contribution is 2.33. The average Bonchev–Trinajstić information content (AvgIpc) is 3.63. The number of allylic oxidation sites excluding steroid dienone is 1. The van der Waals surface area contributed by atoms with Gasteiger partial charge in [-0.05, 0) is 62.5 Å². The molecule has 0 atom stereocenters. The van der Waals surface area contributed by atoms with Crippen LogP contribution in [0.3, 0.4) is 0 Å². The third kappa shape index (κ3) is 7.10. The minimum absolute atomic E-state index is 0.102. The summed E-state index contributed by atoms with van der Waals surface area (Å²) in [5.41, 5.74) is 11.7. The molecule has 0 aliphatic heterocycles. The van der Waals surface area contributed by atoms with Gasteiger partial charge in [0.1, 0.15) is 23.9 Å². The second kappa shape index (κ2) is 13.6. The number of halogens is 1. The summed E-state index contributed by atoms with van der Waals surface area (Å²) in [7, 11) is 3.91. The number of pyridine rings is 2. The third-order valence-corrected chi connectivity index (χ3v) is 7.26. The van der Waals surface area contributed by atoms with Crippen molar-refractivity contribution in [3.63, 3.8) is 0 Å². The summed E-state index contributed by atoms with van der Waals surface area (Å²) in [6.07, 6.45) is 12.1. The molecule has 45 heavy (non-hydrogen) atoms. The van der Waals surface area contributed by atoms with Gasteiger partial charge in [-0.3, -0.25) is 19.9 Å². The second-order valence-electron chi connectivity index (χ2n) is 11.2. The molecule has 0 saturated carbocycles. The number of rotatable bonds is 10. The number of benzene rings is 1. The summed E-state index contributed by atoms with van der Waals surface area (Å²) >= 11 is 0. The van der Waals surface area contributed by atoms with Crippen LogP contribution in [0.1, 0.15) is 26.3 Å². The van der Waals surface area contributed by atoms with Crippen LogP contribution in [-0.4, -0.2) is 63.2 Å². The Hall–Kier alpha value is -5.29. The molecule has 4 heterocycles. The van der Waals surface area contributed by atoms with E-state index in [4.69, 9.17) is 10.5 Å². The summed E-state index contributed by atoms with van der Waals surface area (Å²) in [4.78, 5) is 26.4. The first kappa shape index (κ1) is 31.1. The first-order valence-corrected chi connectivity index (χ1v) is 14.6. The Balaban J connectivity index is 1.55. The van der Waals surface area contributed by atoms with Crippen molar-refractivity contribution >= 4 is 40.2 Å². The number of likely N-dealkylation sites (N-methyl/N-ethyl adjacent to an activating group) is 1. The fraction of sp³-hybridized carbons (Fsp3) is 0.235. The molecule has 0 fully saturated rings. The van der Waals surface area contributed by atoms with E-state index >= 15 is 0 Å². The monoisotopic (exact) mass is 608 g/mol. The van der Waals surface area contributed by atoms with E-state index in [1.165, 1.54) is 18.3 Å². The number of carbonyl (C=O) groups is 1. The van der Waals surface area contributed by atoms with Crippen LogP contribution in [0.5, 0.6) is 5.75 Å². The quantitative estimate of drug-likeness (QED) is 0.186. The molecule has 10 nitrogen and oxygen atoms in total. The Bertz CT molecular complexity index is 1990. The van der Waals surface area contributed by atoms with E-state index in [0.717, 1.165) is 38.3 Å². The minimum Gasteiger partial charge on any atom is -0.492 e. The van der Waals surface area contributed by atoms with Crippen LogP contribution in [0, 0.1) is 11.7 Å². The van der Waals surface area contributed by atoms with E-state index in [1.54, 1.807) is 24.8 Å². The average molecular weight is 609 g/mol. The highest BCUT2D eigenvalue weighted by molar-refractivity contribution is 5.98. The van der Waals surface area contributed by atoms with E-state index in [-0.39, 0.29) is 11.8 Å². The number of fused-ring (bicyclic) bond motifs is 1. The number of hydrogen-bond acceptors (Lipinski definition) is 7. The second-order valence-corrected chi connectivity index (χ2v) is 11.2. The molecule has 0 spiro atoms. The van der Waals surface area contributed by atoms with Gasteiger partial charge in [0.05, 0.1) is 34.6 Å². The molecule has 1 amide bonds. The predicted octanol–water partition coefficient (Wildman–Crippen LogP) is 4.27. The van der Waals surface area contributed by atoms with E-state index in [0.29, 0.717) is 41.4 Å². The third-order valence-electron chi connectivity index (χ3n) is 7.26. The molecular weight excluding hydrogens is 571 g/mol. The maximum atomic E-state index is 14.7. The fourth-order valence-electron chi connectivity index (χ4n) is 4.83. The van der Waals surface area contributed by atoms with Gasteiger partial charge in [0.15, 0.2) is 0 Å². The van der Waals surface area contributed by atoms with Crippen molar-refractivity contribution in [2.45, 2.75) is 20.8 Å². The molecule has 0 radical (unpaired) electrons. The molecule has 0 aliphatic rings. The molecular formula is C34H37FN8O2. The van der Waals surface area contributed by atoms with Gasteiger partial charge in [0, 0.05) is 58.9 Å². The molecule has 4 aromatic heterocycles. The number of nitrogens with zero attached hydrogens (tertiary/aromatic N) is 4. The molecule has 5 aromatic rings. The van der Waals surface area contributed by atoms with Crippen LogP contribution in [0.25, 0.3) is 51.1 Å². The van der Waals surface area contributed by atoms with Crippen LogP contribution in [0.2, 0.25) is 0 Å². The lowest BCUT2D eigenvalue weighted by Crippen LogP contribution is -2.23. The molecule has 5 N–H and O–H groups in total. The van der Waals surface area contributed by atoms with Gasteiger partial charge in [-0.25, -0.2) is 4.39 Å². The molecule has 11 heteroatoms. The summed E-state index contributed by atoms with van der Waals surface area (Å²) in [6, 6.07) is 8.49. The van der Waals surface area contributed by atoms with Gasteiger partial charge in [-0.15, -0.1) is 0 Å². The summed E-state index contributed by atoms with van der Waals surface area (Å²) in [5, 5.41) is 13.1. The molecule has 0 aliphatic carbocycles. The van der Waals surface area contributed by atoms with Gasteiger partial charge in [-0.2, -0.15) is 5.10 Å². The molecule has 5 rings (SSSR count). The zero-order chi connectivity index (χ0) is 32.1. The fourth-order valence-corrected chi connectivity index (χ4v) is 4.83. The van der Waals surface area contributed by atoms with Crippen molar-refractivity contribution in [2.75, 3.05) is 32.6 Å². The number of nitrogens with one attached hydrogen (secondary N) is 3. The van der Waals surface area contributed by atoms with Crippen molar-refractivity contribution in [2.24, 2.45) is 11.7 Å². The Labute approximate surface area is 260 Å². The number of H-pyrrole nitrogens is 2. The van der Waals surface area contributed by atoms with Gasteiger partial charge in [0.2, 0.25) is 5.91 Å². The van der Waals surface area contributed by atoms with Gasteiger partial charge in [0.25, 0.3) is 0 Å². The zero-order valence-electron chi connectivity index (χ0n) is 26.0. The molecule has 0 saturated heterocycles. The molecule has 232 valence electrons. The Morgan fingerprint density at radius 1 is 1.11 bits per heavy atom. The smallest absolute Gasteiger partial charge is 0.226 e. The maximum absolute atomic E-state index is 14.7. The largest absolute Gasteiger partial charge is 0.492 e. The molecule has 1 aromatic carbocycles. The normalized spacial score (nSPS) is 12.9. The van der Waals surface area contributed by atoms with E-state index in [9.17, 15) is 9.18 Å². The van der Waals surface area contributed by atoms with Crippen molar-refractivity contribution in [3.05, 3.63) is 83.3 Å². The van der Waals surface area contributed by atoms with Gasteiger partial charge in [-0.1, -0.05) is 19.9 Å². The highest BCUT2D eigenvalue weighted by atomic mass is 19.1. The number of hydrogen-bond donors (Lipinski definition) is 4. The van der Waals surface area contributed by atoms with Crippen LogP contribution in [0.15, 0.2) is 61.3 Å². The number of aromatic amines is 2. The minimum atomic E-state index is -0.393. The van der Waals surface area contributed by atoms with Crippen molar-refractivity contribution in [1.29, 1.82) is 0 Å². The van der Waals surface area contributed by atoms with E-state index in [1.807, 2.05) is 70.1 Å². The number of nitrogens with two attached hydrogens (primary N) is 1. The lowest BCUT2D eigenvalue weighted by atomic mass is 10.0. The van der Waals surface area contributed by atoms with Gasteiger partial charge >= 0.3 is 0 Å². The Kier molecular flexibility index (Phi) is 9.39. The van der Waals surface area contributed by atoms with Crippen molar-refractivity contribution < 1.29 is 13.9 Å². The van der Waals surface area contributed by atoms with Crippen LogP contribution < -0.4 is 26.4 Å². The van der Waals surface area contributed by atoms with Crippen LogP contribution in [-0.2, 0) is 4.79 Å². The Morgan fingerprint density at radius 3 is 2.64 bits per heavy atom. The van der Waals surface area contributed by atoms with E-state index in [2.05, 4.69) is 30.5 Å². The number of ether oxygens (including phenoxy) is 1. The van der Waals surface area contributed by atoms with Crippen LogP contribution >= 0.6 is 0 Å². The Morgan fingerprint density at radius 2 is 1.91 bits per heavy atom. The van der Waals surface area contributed by atoms with Gasteiger partial charge < -0.3 is 25.7 Å². The van der Waals surface area contributed by atoms with Crippen LogP contribution in [0.4, 0.5) is 10.1 Å². The highest BCUT2D eigenvalue weighted by Gasteiger charge is 2.15. The van der Waals surface area contributed by atoms with E-state index < -0.39 is 5.82 Å². The predicted molar refractivity (Wildman–Crippen MR) is 177 cm³/mol.